The summed E-state index contributed by atoms with van der Waals surface area (Å²) in [6, 6.07) is 2.79. The first-order valence-corrected chi connectivity index (χ1v) is 7.59. The van der Waals surface area contributed by atoms with Crippen molar-refractivity contribution in [3.8, 4) is 0 Å². The maximum Gasteiger partial charge on any atom is 0.0335 e. The van der Waals surface area contributed by atoms with Gasteiger partial charge in [-0.1, -0.05) is 20.3 Å². The van der Waals surface area contributed by atoms with Crippen molar-refractivity contribution >= 4 is 11.8 Å². The molecule has 1 N–H and O–H groups in total. The Kier molecular flexibility index (Phi) is 6.65. The van der Waals surface area contributed by atoms with Gasteiger partial charge in [0, 0.05) is 30.7 Å². The molecule has 1 unspecified atom stereocenters. The fraction of sp³-hybridized carbons (Fsp3) is 0.692. The van der Waals surface area contributed by atoms with E-state index in [1.165, 1.54) is 24.2 Å². The number of rotatable bonds is 8. The summed E-state index contributed by atoms with van der Waals surface area (Å²) in [4.78, 5) is 0. The molecule has 1 heterocycles. The highest BCUT2D eigenvalue weighted by molar-refractivity contribution is 7.98. The minimum Gasteiger partial charge on any atom is -0.353 e. The van der Waals surface area contributed by atoms with Gasteiger partial charge < -0.3 is 9.88 Å². The molecule has 3 heteroatoms. The third kappa shape index (κ3) is 4.22. The van der Waals surface area contributed by atoms with E-state index >= 15 is 0 Å². The number of nitrogens with one attached hydrogen (secondary N) is 1. The zero-order chi connectivity index (χ0) is 11.8. The molecular weight excluding hydrogens is 216 g/mol. The first-order chi connectivity index (χ1) is 7.81. The lowest BCUT2D eigenvalue weighted by Crippen LogP contribution is -2.20. The van der Waals surface area contributed by atoms with Crippen LogP contribution < -0.4 is 5.32 Å². The fourth-order valence-corrected chi connectivity index (χ4v) is 2.32. The van der Waals surface area contributed by atoms with Gasteiger partial charge in [-0.05, 0) is 30.9 Å². The van der Waals surface area contributed by atoms with Crippen LogP contribution >= 0.6 is 11.8 Å². The minimum atomic E-state index is 0.533. The molecule has 0 saturated heterocycles. The number of thioether (sulfide) groups is 1. The Bertz CT molecular complexity index is 277. The van der Waals surface area contributed by atoms with Crippen LogP contribution in [0.15, 0.2) is 18.5 Å². The van der Waals surface area contributed by atoms with Crippen LogP contribution in [0.25, 0.3) is 0 Å². The summed E-state index contributed by atoms with van der Waals surface area (Å²) in [6.07, 6.45) is 9.10. The largest absolute Gasteiger partial charge is 0.353 e. The first kappa shape index (κ1) is 13.7. The molecule has 0 fully saturated rings. The van der Waals surface area contributed by atoms with Gasteiger partial charge >= 0.3 is 0 Å². The van der Waals surface area contributed by atoms with E-state index < -0.39 is 0 Å². The van der Waals surface area contributed by atoms with E-state index in [-0.39, 0.29) is 0 Å². The average Bonchev–Trinajstić information content (AvgIpc) is 2.74. The summed E-state index contributed by atoms with van der Waals surface area (Å²) >= 11 is 1.90. The zero-order valence-corrected chi connectivity index (χ0v) is 11.5. The van der Waals surface area contributed by atoms with Crippen LogP contribution in [0.4, 0.5) is 0 Å². The Balaban J connectivity index is 2.58. The first-order valence-electron chi connectivity index (χ1n) is 6.19. The third-order valence-corrected chi connectivity index (χ3v) is 3.35. The maximum atomic E-state index is 3.55. The van der Waals surface area contributed by atoms with Crippen molar-refractivity contribution in [2.75, 3.05) is 18.6 Å². The van der Waals surface area contributed by atoms with Crippen LogP contribution in [-0.2, 0) is 6.54 Å². The summed E-state index contributed by atoms with van der Waals surface area (Å²) in [5.74, 6) is 1.19. The highest BCUT2D eigenvalue weighted by atomic mass is 32.2. The molecule has 0 bridgehead atoms. The molecule has 0 amide bonds. The normalized spacial score (nSPS) is 12.9. The van der Waals surface area contributed by atoms with Crippen LogP contribution in [0.1, 0.15) is 38.3 Å². The average molecular weight is 240 g/mol. The molecule has 0 aliphatic carbocycles. The molecular formula is C13H24N2S. The number of aromatic nitrogens is 1. The van der Waals surface area contributed by atoms with Crippen molar-refractivity contribution in [2.24, 2.45) is 0 Å². The van der Waals surface area contributed by atoms with Gasteiger partial charge in [0.1, 0.15) is 0 Å². The van der Waals surface area contributed by atoms with E-state index in [0.717, 1.165) is 13.1 Å². The summed E-state index contributed by atoms with van der Waals surface area (Å²) in [5.41, 5.74) is 1.44. The molecule has 0 saturated carbocycles. The number of nitrogens with zero attached hydrogens (tertiary/aromatic N) is 1. The molecule has 0 aliphatic heterocycles. The predicted octanol–water partition coefficient (Wildman–Crippen LogP) is 3.30. The van der Waals surface area contributed by atoms with Gasteiger partial charge in [-0.25, -0.2) is 0 Å². The number of aryl methyl sites for hydroxylation is 1. The topological polar surface area (TPSA) is 17.0 Å². The lowest BCUT2D eigenvalue weighted by molar-refractivity contribution is 0.508. The van der Waals surface area contributed by atoms with Crippen molar-refractivity contribution in [3.63, 3.8) is 0 Å². The van der Waals surface area contributed by atoms with Gasteiger partial charge in [-0.15, -0.1) is 0 Å². The fourth-order valence-electron chi connectivity index (χ4n) is 1.92. The Hall–Kier alpha value is -0.410. The van der Waals surface area contributed by atoms with Crippen LogP contribution in [0, 0.1) is 0 Å². The molecule has 1 rings (SSSR count). The molecule has 16 heavy (non-hydrogen) atoms. The molecule has 0 spiro atoms. The molecule has 92 valence electrons. The lowest BCUT2D eigenvalue weighted by atomic mass is 10.1. The van der Waals surface area contributed by atoms with Gasteiger partial charge in [0.25, 0.3) is 0 Å². The van der Waals surface area contributed by atoms with Crippen molar-refractivity contribution < 1.29 is 0 Å². The molecule has 0 aromatic carbocycles. The molecule has 2 nitrogen and oxygen atoms in total. The van der Waals surface area contributed by atoms with Gasteiger partial charge in [-0.3, -0.25) is 0 Å². The third-order valence-electron chi connectivity index (χ3n) is 2.76. The molecule has 1 atom stereocenters. The van der Waals surface area contributed by atoms with Gasteiger partial charge in [0.15, 0.2) is 0 Å². The SMILES string of the molecule is CCCC(NCC)c1ccn(CCSC)c1. The van der Waals surface area contributed by atoms with E-state index in [9.17, 15) is 0 Å². The van der Waals surface area contributed by atoms with Crippen LogP contribution in [0.3, 0.4) is 0 Å². The number of hydrogen-bond donors (Lipinski definition) is 1. The molecule has 1 aromatic rings. The van der Waals surface area contributed by atoms with Gasteiger partial charge in [0.05, 0.1) is 0 Å². The zero-order valence-electron chi connectivity index (χ0n) is 10.7. The molecule has 0 radical (unpaired) electrons. The molecule has 1 aromatic heterocycles. The summed E-state index contributed by atoms with van der Waals surface area (Å²) in [6.45, 7) is 6.58. The monoisotopic (exact) mass is 240 g/mol. The Labute approximate surface area is 104 Å². The second kappa shape index (κ2) is 7.80. The van der Waals surface area contributed by atoms with Crippen molar-refractivity contribution in [1.82, 2.24) is 9.88 Å². The highest BCUT2D eigenvalue weighted by Crippen LogP contribution is 2.18. The van der Waals surface area contributed by atoms with E-state index in [1.807, 2.05) is 11.8 Å². The van der Waals surface area contributed by atoms with Crippen molar-refractivity contribution in [1.29, 1.82) is 0 Å². The van der Waals surface area contributed by atoms with Crippen LogP contribution in [0.2, 0.25) is 0 Å². The van der Waals surface area contributed by atoms with E-state index in [2.05, 4.69) is 48.4 Å². The Morgan fingerprint density at radius 2 is 2.25 bits per heavy atom. The summed E-state index contributed by atoms with van der Waals surface area (Å²) < 4.78 is 2.30. The lowest BCUT2D eigenvalue weighted by Gasteiger charge is -2.15. The summed E-state index contributed by atoms with van der Waals surface area (Å²) in [7, 11) is 0. The second-order valence-electron chi connectivity index (χ2n) is 4.07. The minimum absolute atomic E-state index is 0.533. The van der Waals surface area contributed by atoms with Crippen molar-refractivity contribution in [2.45, 2.75) is 39.3 Å². The predicted molar refractivity (Wildman–Crippen MR) is 74.1 cm³/mol. The van der Waals surface area contributed by atoms with Gasteiger partial charge in [-0.2, -0.15) is 11.8 Å². The maximum absolute atomic E-state index is 3.55. The van der Waals surface area contributed by atoms with Crippen LogP contribution in [-0.4, -0.2) is 23.1 Å². The second-order valence-corrected chi connectivity index (χ2v) is 5.06. The standard InChI is InChI=1S/C13H24N2S/c1-4-6-13(14-5-2)12-7-8-15(11-12)9-10-16-3/h7-8,11,13-14H,4-6,9-10H2,1-3H3. The molecule has 0 aliphatic rings. The van der Waals surface area contributed by atoms with Gasteiger partial charge in [0.2, 0.25) is 0 Å². The smallest absolute Gasteiger partial charge is 0.0335 e. The highest BCUT2D eigenvalue weighted by Gasteiger charge is 2.09. The quantitative estimate of drug-likeness (QED) is 0.751. The van der Waals surface area contributed by atoms with E-state index in [1.54, 1.807) is 0 Å². The van der Waals surface area contributed by atoms with Crippen molar-refractivity contribution in [3.05, 3.63) is 24.0 Å². The summed E-state index contributed by atoms with van der Waals surface area (Å²) in [5, 5.41) is 3.55. The Morgan fingerprint density at radius 1 is 1.44 bits per heavy atom. The van der Waals surface area contributed by atoms with E-state index in [4.69, 9.17) is 0 Å². The number of hydrogen-bond acceptors (Lipinski definition) is 2. The van der Waals surface area contributed by atoms with Crippen LogP contribution in [0.5, 0.6) is 0 Å². The van der Waals surface area contributed by atoms with E-state index in [0.29, 0.717) is 6.04 Å². The Morgan fingerprint density at radius 3 is 2.88 bits per heavy atom.